The molecule has 6 rings (SSSR count). The molecule has 5 aromatic rings. The van der Waals surface area contributed by atoms with Gasteiger partial charge in [0.2, 0.25) is 6.61 Å². The van der Waals surface area contributed by atoms with Gasteiger partial charge in [0.25, 0.3) is 5.91 Å². The van der Waals surface area contributed by atoms with Gasteiger partial charge in [-0.05, 0) is 64.1 Å². The minimum atomic E-state index is -1.07. The zero-order valence-electron chi connectivity index (χ0n) is 26.3. The van der Waals surface area contributed by atoms with E-state index in [1.165, 1.54) is 11.1 Å². The predicted molar refractivity (Wildman–Crippen MR) is 185 cm³/mol. The van der Waals surface area contributed by atoms with Gasteiger partial charge in [0.15, 0.2) is 0 Å². The summed E-state index contributed by atoms with van der Waals surface area (Å²) in [5, 5.41) is 12.6. The van der Waals surface area contributed by atoms with Crippen molar-refractivity contribution < 1.29 is 19.5 Å². The Morgan fingerprint density at radius 2 is 1.17 bits per heavy atom. The summed E-state index contributed by atoms with van der Waals surface area (Å²) in [5.74, 6) is -1.00. The standard InChI is InChI=1S/C40H37N3O4/c1-29(41-47-28-38(44)45)30-15-17-31(18-16-30)36-13-8-14-37(27-36)32-19-21-35(22-20-32)40(46)43-25-23-42(24-26-43)39(33-9-4-2-5-10-33)34-11-6-3-7-12-34/h2-22,27,39H,23-26,28H2,1H3,(H,44,45). The Kier molecular flexibility index (Phi) is 9.84. The highest BCUT2D eigenvalue weighted by Gasteiger charge is 2.28. The highest BCUT2D eigenvalue weighted by atomic mass is 16.6. The lowest BCUT2D eigenvalue weighted by Gasteiger charge is -2.39. The second-order valence-corrected chi connectivity index (χ2v) is 11.6. The molecular formula is C40H37N3O4. The average molecular weight is 624 g/mol. The van der Waals surface area contributed by atoms with Gasteiger partial charge in [-0.15, -0.1) is 0 Å². The van der Waals surface area contributed by atoms with E-state index in [1.807, 2.05) is 71.6 Å². The fourth-order valence-electron chi connectivity index (χ4n) is 6.08. The van der Waals surface area contributed by atoms with Crippen molar-refractivity contribution in [2.45, 2.75) is 13.0 Å². The monoisotopic (exact) mass is 623 g/mol. The maximum atomic E-state index is 13.5. The smallest absolute Gasteiger partial charge is 0.344 e. The van der Waals surface area contributed by atoms with Crippen LogP contribution in [-0.4, -0.2) is 65.3 Å². The number of amides is 1. The van der Waals surface area contributed by atoms with Crippen molar-refractivity contribution in [3.63, 3.8) is 0 Å². The fraction of sp³-hybridized carbons (Fsp3) is 0.175. The Labute approximate surface area is 275 Å². The van der Waals surface area contributed by atoms with Gasteiger partial charge in [-0.25, -0.2) is 4.79 Å². The number of aliphatic carboxylic acids is 1. The minimum absolute atomic E-state index is 0.0632. The van der Waals surface area contributed by atoms with Crippen LogP contribution in [0.4, 0.5) is 0 Å². The summed E-state index contributed by atoms with van der Waals surface area (Å²) >= 11 is 0. The molecule has 1 aliphatic heterocycles. The first-order valence-corrected chi connectivity index (χ1v) is 15.8. The van der Waals surface area contributed by atoms with E-state index in [0.29, 0.717) is 24.4 Å². The molecule has 47 heavy (non-hydrogen) atoms. The lowest BCUT2D eigenvalue weighted by Crippen LogP contribution is -2.49. The van der Waals surface area contributed by atoms with Gasteiger partial charge in [0.05, 0.1) is 11.8 Å². The molecule has 1 amide bonds. The molecule has 7 heteroatoms. The van der Waals surface area contributed by atoms with Crippen LogP contribution >= 0.6 is 0 Å². The van der Waals surface area contributed by atoms with Gasteiger partial charge < -0.3 is 14.8 Å². The summed E-state index contributed by atoms with van der Waals surface area (Å²) in [6.45, 7) is 4.27. The molecule has 0 radical (unpaired) electrons. The molecule has 0 atom stereocenters. The number of carbonyl (C=O) groups excluding carboxylic acids is 1. The van der Waals surface area contributed by atoms with Crippen LogP contribution < -0.4 is 0 Å². The van der Waals surface area contributed by atoms with Crippen LogP contribution in [0.2, 0.25) is 0 Å². The summed E-state index contributed by atoms with van der Waals surface area (Å²) in [5.41, 5.74) is 8.89. The number of piperazine rings is 1. The van der Waals surface area contributed by atoms with Gasteiger partial charge >= 0.3 is 5.97 Å². The maximum absolute atomic E-state index is 13.5. The van der Waals surface area contributed by atoms with Crippen LogP contribution in [-0.2, 0) is 9.63 Å². The van der Waals surface area contributed by atoms with Crippen molar-refractivity contribution in [1.29, 1.82) is 0 Å². The largest absolute Gasteiger partial charge is 0.479 e. The molecule has 1 heterocycles. The maximum Gasteiger partial charge on any atom is 0.344 e. The molecular weight excluding hydrogens is 586 g/mol. The molecule has 236 valence electrons. The van der Waals surface area contributed by atoms with Crippen LogP contribution in [0.1, 0.15) is 40.0 Å². The van der Waals surface area contributed by atoms with Crippen LogP contribution in [0.25, 0.3) is 22.3 Å². The molecule has 0 aliphatic carbocycles. The first kappa shape index (κ1) is 31.5. The van der Waals surface area contributed by atoms with Crippen molar-refractivity contribution in [3.8, 4) is 22.3 Å². The summed E-state index contributed by atoms with van der Waals surface area (Å²) in [4.78, 5) is 33.5. The first-order chi connectivity index (χ1) is 23.0. The molecule has 0 bridgehead atoms. The summed E-state index contributed by atoms with van der Waals surface area (Å²) in [6.07, 6.45) is 0. The highest BCUT2D eigenvalue weighted by molar-refractivity contribution is 5.98. The first-order valence-electron chi connectivity index (χ1n) is 15.8. The molecule has 1 saturated heterocycles. The third-order valence-corrected chi connectivity index (χ3v) is 8.55. The number of carboxylic acids is 1. The molecule has 5 aromatic carbocycles. The summed E-state index contributed by atoms with van der Waals surface area (Å²) in [6, 6.07) is 45.4. The Balaban J connectivity index is 1.10. The van der Waals surface area contributed by atoms with Crippen molar-refractivity contribution in [2.24, 2.45) is 5.16 Å². The van der Waals surface area contributed by atoms with Crippen LogP contribution in [0, 0.1) is 0 Å². The topological polar surface area (TPSA) is 82.4 Å². The third kappa shape index (κ3) is 7.65. The lowest BCUT2D eigenvalue weighted by molar-refractivity contribution is -0.142. The van der Waals surface area contributed by atoms with Gasteiger partial charge in [0.1, 0.15) is 0 Å². The number of nitrogens with zero attached hydrogens (tertiary/aromatic N) is 3. The number of hydrogen-bond acceptors (Lipinski definition) is 5. The van der Waals surface area contributed by atoms with Gasteiger partial charge in [-0.1, -0.05) is 120 Å². The molecule has 1 aliphatic rings. The van der Waals surface area contributed by atoms with E-state index in [9.17, 15) is 9.59 Å². The predicted octanol–water partition coefficient (Wildman–Crippen LogP) is 7.39. The van der Waals surface area contributed by atoms with Crippen molar-refractivity contribution in [2.75, 3.05) is 32.8 Å². The normalized spacial score (nSPS) is 13.8. The van der Waals surface area contributed by atoms with Gasteiger partial charge in [-0.3, -0.25) is 9.69 Å². The highest BCUT2D eigenvalue weighted by Crippen LogP contribution is 2.30. The third-order valence-electron chi connectivity index (χ3n) is 8.55. The Hall–Kier alpha value is -5.53. The molecule has 1 fully saturated rings. The zero-order chi connectivity index (χ0) is 32.6. The van der Waals surface area contributed by atoms with Gasteiger partial charge in [-0.2, -0.15) is 0 Å². The average Bonchev–Trinajstić information content (AvgIpc) is 3.13. The molecule has 1 N–H and O–H groups in total. The second-order valence-electron chi connectivity index (χ2n) is 11.6. The fourth-order valence-corrected chi connectivity index (χ4v) is 6.08. The van der Waals surface area contributed by atoms with E-state index < -0.39 is 12.6 Å². The van der Waals surface area contributed by atoms with Gasteiger partial charge in [0, 0.05) is 31.7 Å². The summed E-state index contributed by atoms with van der Waals surface area (Å²) in [7, 11) is 0. The van der Waals surface area contributed by atoms with E-state index in [1.54, 1.807) is 6.92 Å². The Bertz CT molecular complexity index is 1790. The summed E-state index contributed by atoms with van der Waals surface area (Å²) < 4.78 is 0. The molecule has 7 nitrogen and oxygen atoms in total. The molecule has 0 unspecified atom stereocenters. The number of oxime groups is 1. The number of benzene rings is 5. The van der Waals surface area contributed by atoms with Crippen molar-refractivity contribution in [1.82, 2.24) is 9.80 Å². The second kappa shape index (κ2) is 14.7. The molecule has 0 spiro atoms. The molecule has 0 aromatic heterocycles. The quantitative estimate of drug-likeness (QED) is 0.130. The van der Waals surface area contributed by atoms with Crippen molar-refractivity contribution in [3.05, 3.63) is 156 Å². The van der Waals surface area contributed by atoms with E-state index in [-0.39, 0.29) is 11.9 Å². The van der Waals surface area contributed by atoms with E-state index >= 15 is 0 Å². The van der Waals surface area contributed by atoms with E-state index in [0.717, 1.165) is 40.9 Å². The van der Waals surface area contributed by atoms with Crippen LogP contribution in [0.5, 0.6) is 0 Å². The number of carboxylic acid groups (broad SMARTS) is 1. The van der Waals surface area contributed by atoms with Crippen molar-refractivity contribution >= 4 is 17.6 Å². The lowest BCUT2D eigenvalue weighted by atomic mass is 9.96. The van der Waals surface area contributed by atoms with Crippen LogP contribution in [0.15, 0.2) is 139 Å². The van der Waals surface area contributed by atoms with E-state index in [4.69, 9.17) is 9.94 Å². The molecule has 0 saturated carbocycles. The number of carbonyl (C=O) groups is 2. The van der Waals surface area contributed by atoms with E-state index in [2.05, 4.69) is 76.8 Å². The zero-order valence-corrected chi connectivity index (χ0v) is 26.3. The minimum Gasteiger partial charge on any atom is -0.479 e. The Morgan fingerprint density at radius 1 is 0.660 bits per heavy atom. The number of rotatable bonds is 10. The Morgan fingerprint density at radius 3 is 1.68 bits per heavy atom. The SMILES string of the molecule is CC(=NOCC(=O)O)c1ccc(-c2cccc(-c3ccc(C(=O)N4CCN(C(c5ccccc5)c5ccccc5)CC4)cc3)c2)cc1. The van der Waals surface area contributed by atoms with Crippen LogP contribution in [0.3, 0.4) is 0 Å². The number of hydrogen-bond donors (Lipinski definition) is 1.